The standard InChI is InChI=1S/C25H28N4O2.HI/c1-18-7-3-4-9-20(18)16-26-25(27-17-22-10-5-8-19(2)28-22)29-21-11-12-23-24(15-21)31-14-6-13-30-23;/h3-5,7-12,15H,6,13-14,16-17H2,1-2H3,(H2,26,27,29);1H. The summed E-state index contributed by atoms with van der Waals surface area (Å²) < 4.78 is 11.6. The Hall–Kier alpha value is -2.81. The average molecular weight is 544 g/mol. The van der Waals surface area contributed by atoms with Crippen LogP contribution in [-0.2, 0) is 13.1 Å². The second-order valence-electron chi connectivity index (χ2n) is 7.55. The number of rotatable bonds is 5. The molecule has 6 nitrogen and oxygen atoms in total. The number of fused-ring (bicyclic) bond motifs is 1. The minimum atomic E-state index is 0. The van der Waals surface area contributed by atoms with E-state index in [4.69, 9.17) is 14.5 Å². The van der Waals surface area contributed by atoms with Crippen molar-refractivity contribution in [3.8, 4) is 11.5 Å². The second-order valence-corrected chi connectivity index (χ2v) is 7.55. The maximum absolute atomic E-state index is 5.82. The zero-order valence-corrected chi connectivity index (χ0v) is 20.8. The van der Waals surface area contributed by atoms with Gasteiger partial charge in [0.2, 0.25) is 0 Å². The van der Waals surface area contributed by atoms with Gasteiger partial charge in [-0.3, -0.25) is 4.98 Å². The molecular formula is C25H29IN4O2. The van der Waals surface area contributed by atoms with Crippen molar-refractivity contribution in [3.63, 3.8) is 0 Å². The Labute approximate surface area is 206 Å². The number of aromatic nitrogens is 1. The summed E-state index contributed by atoms with van der Waals surface area (Å²) in [5, 5.41) is 6.80. The molecule has 0 aliphatic carbocycles. The predicted octanol–water partition coefficient (Wildman–Crippen LogP) is 5.24. The summed E-state index contributed by atoms with van der Waals surface area (Å²) >= 11 is 0. The van der Waals surface area contributed by atoms with E-state index >= 15 is 0 Å². The van der Waals surface area contributed by atoms with Gasteiger partial charge in [0.15, 0.2) is 17.5 Å². The molecule has 0 saturated heterocycles. The van der Waals surface area contributed by atoms with Crippen molar-refractivity contribution in [2.24, 2.45) is 4.99 Å². The summed E-state index contributed by atoms with van der Waals surface area (Å²) in [6, 6.07) is 20.2. The topological polar surface area (TPSA) is 67.8 Å². The van der Waals surface area contributed by atoms with E-state index in [0.29, 0.717) is 32.3 Å². The van der Waals surface area contributed by atoms with Crippen molar-refractivity contribution in [1.82, 2.24) is 10.3 Å². The van der Waals surface area contributed by atoms with Gasteiger partial charge in [0.25, 0.3) is 0 Å². The van der Waals surface area contributed by atoms with Gasteiger partial charge in [-0.15, -0.1) is 24.0 Å². The first-order valence-electron chi connectivity index (χ1n) is 10.6. The molecule has 1 aromatic heterocycles. The van der Waals surface area contributed by atoms with Gasteiger partial charge in [-0.05, 0) is 49.2 Å². The predicted molar refractivity (Wildman–Crippen MR) is 139 cm³/mol. The fourth-order valence-corrected chi connectivity index (χ4v) is 3.34. The third kappa shape index (κ3) is 6.59. The zero-order chi connectivity index (χ0) is 21.5. The van der Waals surface area contributed by atoms with E-state index in [9.17, 15) is 0 Å². The molecule has 0 spiro atoms. The van der Waals surface area contributed by atoms with Crippen molar-refractivity contribution in [2.45, 2.75) is 33.4 Å². The van der Waals surface area contributed by atoms with Crippen LogP contribution in [0.15, 0.2) is 65.7 Å². The molecule has 0 unspecified atom stereocenters. The molecule has 0 bridgehead atoms. The van der Waals surface area contributed by atoms with Crippen LogP contribution in [0.5, 0.6) is 11.5 Å². The van der Waals surface area contributed by atoms with Crippen LogP contribution in [0.25, 0.3) is 0 Å². The number of guanidine groups is 1. The smallest absolute Gasteiger partial charge is 0.196 e. The molecule has 3 aromatic rings. The van der Waals surface area contributed by atoms with Crippen LogP contribution in [-0.4, -0.2) is 24.2 Å². The molecule has 0 fully saturated rings. The number of ether oxygens (including phenoxy) is 2. The number of anilines is 1. The van der Waals surface area contributed by atoms with E-state index in [-0.39, 0.29) is 24.0 Å². The van der Waals surface area contributed by atoms with Crippen LogP contribution in [0, 0.1) is 13.8 Å². The molecule has 2 aromatic carbocycles. The second kappa shape index (κ2) is 11.7. The highest BCUT2D eigenvalue weighted by Crippen LogP contribution is 2.32. The summed E-state index contributed by atoms with van der Waals surface area (Å²) in [5.74, 6) is 2.21. The lowest BCUT2D eigenvalue weighted by molar-refractivity contribution is 0.297. The normalized spacial score (nSPS) is 13.0. The molecule has 32 heavy (non-hydrogen) atoms. The van der Waals surface area contributed by atoms with Gasteiger partial charge in [0, 0.05) is 23.9 Å². The quantitative estimate of drug-likeness (QED) is 0.262. The molecular weight excluding hydrogens is 515 g/mol. The maximum Gasteiger partial charge on any atom is 0.196 e. The number of halogens is 1. The summed E-state index contributed by atoms with van der Waals surface area (Å²) in [6.07, 6.45) is 0.881. The van der Waals surface area contributed by atoms with E-state index < -0.39 is 0 Å². The molecule has 1 aliphatic heterocycles. The average Bonchev–Trinajstić information content (AvgIpc) is 3.02. The van der Waals surface area contributed by atoms with Crippen molar-refractivity contribution < 1.29 is 9.47 Å². The number of nitrogens with one attached hydrogen (secondary N) is 2. The molecule has 0 amide bonds. The lowest BCUT2D eigenvalue weighted by Crippen LogP contribution is -2.31. The van der Waals surface area contributed by atoms with Crippen LogP contribution >= 0.6 is 24.0 Å². The van der Waals surface area contributed by atoms with Crippen LogP contribution < -0.4 is 20.1 Å². The highest BCUT2D eigenvalue weighted by Gasteiger charge is 2.12. The largest absolute Gasteiger partial charge is 0.490 e. The highest BCUT2D eigenvalue weighted by atomic mass is 127. The summed E-state index contributed by atoms with van der Waals surface area (Å²) in [4.78, 5) is 9.38. The van der Waals surface area contributed by atoms with Gasteiger partial charge in [0.05, 0.1) is 32.0 Å². The molecule has 168 valence electrons. The molecule has 4 rings (SSSR count). The van der Waals surface area contributed by atoms with Crippen molar-refractivity contribution >= 4 is 35.6 Å². The molecule has 2 heterocycles. The summed E-state index contributed by atoms with van der Waals surface area (Å²) in [6.45, 7) is 6.58. The molecule has 0 radical (unpaired) electrons. The van der Waals surface area contributed by atoms with Crippen LogP contribution in [0.4, 0.5) is 5.69 Å². The van der Waals surface area contributed by atoms with Gasteiger partial charge >= 0.3 is 0 Å². The van der Waals surface area contributed by atoms with Gasteiger partial charge in [-0.25, -0.2) is 4.99 Å². The third-order valence-electron chi connectivity index (χ3n) is 5.06. The van der Waals surface area contributed by atoms with Crippen molar-refractivity contribution in [1.29, 1.82) is 0 Å². The number of benzene rings is 2. The molecule has 0 saturated carbocycles. The van der Waals surface area contributed by atoms with Gasteiger partial charge < -0.3 is 20.1 Å². The monoisotopic (exact) mass is 544 g/mol. The Morgan fingerprint density at radius 3 is 2.59 bits per heavy atom. The third-order valence-corrected chi connectivity index (χ3v) is 5.06. The lowest BCUT2D eigenvalue weighted by Gasteiger charge is -2.15. The molecule has 1 aliphatic rings. The molecule has 7 heteroatoms. The summed E-state index contributed by atoms with van der Waals surface area (Å²) in [5.41, 5.74) is 5.26. The number of nitrogens with zero attached hydrogens (tertiary/aromatic N) is 2. The Morgan fingerprint density at radius 1 is 0.969 bits per heavy atom. The Bertz CT molecular complexity index is 1070. The number of aryl methyl sites for hydroxylation is 2. The number of aliphatic imine (C=N–C) groups is 1. The fraction of sp³-hybridized carbons (Fsp3) is 0.280. The first-order chi connectivity index (χ1) is 15.2. The zero-order valence-electron chi connectivity index (χ0n) is 18.4. The fourth-order valence-electron chi connectivity index (χ4n) is 3.34. The Morgan fingerprint density at radius 2 is 1.78 bits per heavy atom. The molecule has 2 N–H and O–H groups in total. The minimum absolute atomic E-state index is 0. The van der Waals surface area contributed by atoms with E-state index in [1.807, 2.05) is 55.5 Å². The van der Waals surface area contributed by atoms with Gasteiger partial charge in [-0.1, -0.05) is 30.3 Å². The number of pyridine rings is 1. The van der Waals surface area contributed by atoms with Crippen LogP contribution in [0.1, 0.15) is 28.9 Å². The van der Waals surface area contributed by atoms with Gasteiger partial charge in [0.1, 0.15) is 0 Å². The van der Waals surface area contributed by atoms with Gasteiger partial charge in [-0.2, -0.15) is 0 Å². The van der Waals surface area contributed by atoms with E-state index in [2.05, 4.69) is 34.7 Å². The van der Waals surface area contributed by atoms with Crippen molar-refractivity contribution in [3.05, 3.63) is 83.2 Å². The number of hydrogen-bond acceptors (Lipinski definition) is 4. The first kappa shape index (κ1) is 23.8. The van der Waals surface area contributed by atoms with Crippen LogP contribution in [0.3, 0.4) is 0 Å². The van der Waals surface area contributed by atoms with Crippen LogP contribution in [0.2, 0.25) is 0 Å². The Balaban J connectivity index is 0.00000289. The maximum atomic E-state index is 5.82. The highest BCUT2D eigenvalue weighted by molar-refractivity contribution is 14.0. The van der Waals surface area contributed by atoms with E-state index in [0.717, 1.165) is 35.0 Å². The van der Waals surface area contributed by atoms with E-state index in [1.165, 1.54) is 11.1 Å². The van der Waals surface area contributed by atoms with Crippen molar-refractivity contribution in [2.75, 3.05) is 18.5 Å². The number of hydrogen-bond donors (Lipinski definition) is 2. The van der Waals surface area contributed by atoms with E-state index in [1.54, 1.807) is 0 Å². The first-order valence-corrected chi connectivity index (χ1v) is 10.6. The SMILES string of the molecule is Cc1cccc(CNC(=NCc2ccccc2C)Nc2ccc3c(c2)OCCCO3)n1.I. The Kier molecular flexibility index (Phi) is 8.72. The molecule has 0 atom stereocenters. The minimum Gasteiger partial charge on any atom is -0.490 e. The summed E-state index contributed by atoms with van der Waals surface area (Å²) in [7, 11) is 0. The lowest BCUT2D eigenvalue weighted by atomic mass is 10.1.